The van der Waals surface area contributed by atoms with E-state index in [9.17, 15) is 18.0 Å². The Morgan fingerprint density at radius 3 is 2.71 bits per heavy atom. The summed E-state index contributed by atoms with van der Waals surface area (Å²) in [6.45, 7) is 0. The highest BCUT2D eigenvalue weighted by atomic mass is 19.4. The number of methoxy groups -OCH3 is 1. The summed E-state index contributed by atoms with van der Waals surface area (Å²) in [7, 11) is 1.46. The zero-order valence-corrected chi connectivity index (χ0v) is 9.17. The maximum atomic E-state index is 11.9. The van der Waals surface area contributed by atoms with Crippen LogP contribution < -0.4 is 10.1 Å². The Kier molecular flexibility index (Phi) is 4.37. The second kappa shape index (κ2) is 5.56. The van der Waals surface area contributed by atoms with Crippen molar-refractivity contribution in [2.75, 3.05) is 12.4 Å². The fourth-order valence-electron chi connectivity index (χ4n) is 1.18. The summed E-state index contributed by atoms with van der Waals surface area (Å²) in [6.07, 6.45) is -6.02. The summed E-state index contributed by atoms with van der Waals surface area (Å²) in [6, 6.07) is 6.42. The van der Waals surface area contributed by atoms with E-state index in [1.807, 2.05) is 0 Å². The highest BCUT2D eigenvalue weighted by molar-refractivity contribution is 5.90. The van der Waals surface area contributed by atoms with E-state index in [4.69, 9.17) is 4.74 Å². The van der Waals surface area contributed by atoms with Crippen LogP contribution in [-0.2, 0) is 4.79 Å². The van der Waals surface area contributed by atoms with Gasteiger partial charge in [0.25, 0.3) is 0 Å². The molecule has 0 radical (unpaired) electrons. The van der Waals surface area contributed by atoms with Crippen LogP contribution >= 0.6 is 0 Å². The van der Waals surface area contributed by atoms with E-state index in [1.54, 1.807) is 18.2 Å². The Balaban J connectivity index is 2.50. The lowest BCUT2D eigenvalue weighted by atomic mass is 10.2. The molecule has 0 aliphatic carbocycles. The predicted octanol–water partition coefficient (Wildman–Crippen LogP) is 2.98. The molecule has 3 nitrogen and oxygen atoms in total. The standard InChI is InChI=1S/C11H12F3NO2/c1-17-9-4-2-3-8(7-9)15-10(16)5-6-11(12,13)14/h2-4,7H,5-6H2,1H3,(H,15,16). The van der Waals surface area contributed by atoms with Crippen LogP contribution in [0.2, 0.25) is 0 Å². The Bertz CT molecular complexity index is 391. The van der Waals surface area contributed by atoms with Gasteiger partial charge in [0.05, 0.1) is 13.5 Å². The Morgan fingerprint density at radius 1 is 1.41 bits per heavy atom. The number of hydrogen-bond donors (Lipinski definition) is 1. The van der Waals surface area contributed by atoms with Gasteiger partial charge < -0.3 is 10.1 Å². The van der Waals surface area contributed by atoms with E-state index in [1.165, 1.54) is 13.2 Å². The average Bonchev–Trinajstić information content (AvgIpc) is 2.26. The number of carbonyl (C=O) groups is 1. The van der Waals surface area contributed by atoms with Gasteiger partial charge in [-0.3, -0.25) is 4.79 Å². The molecule has 0 atom stereocenters. The van der Waals surface area contributed by atoms with Crippen LogP contribution in [0.15, 0.2) is 24.3 Å². The predicted molar refractivity (Wildman–Crippen MR) is 56.9 cm³/mol. The number of halogens is 3. The first-order valence-corrected chi connectivity index (χ1v) is 4.91. The molecule has 0 heterocycles. The average molecular weight is 247 g/mol. The third kappa shape index (κ3) is 5.24. The van der Waals surface area contributed by atoms with Crippen molar-refractivity contribution in [2.45, 2.75) is 19.0 Å². The van der Waals surface area contributed by atoms with E-state index in [0.29, 0.717) is 11.4 Å². The first-order valence-electron chi connectivity index (χ1n) is 4.91. The van der Waals surface area contributed by atoms with E-state index in [2.05, 4.69) is 5.32 Å². The molecule has 1 aromatic carbocycles. The zero-order chi connectivity index (χ0) is 12.9. The van der Waals surface area contributed by atoms with Crippen LogP contribution in [0.25, 0.3) is 0 Å². The van der Waals surface area contributed by atoms with E-state index in [0.717, 1.165) is 0 Å². The first-order chi connectivity index (χ1) is 7.90. The van der Waals surface area contributed by atoms with Gasteiger partial charge in [-0.05, 0) is 12.1 Å². The van der Waals surface area contributed by atoms with Crippen LogP contribution in [0.5, 0.6) is 5.75 Å². The molecular formula is C11H12F3NO2. The second-order valence-electron chi connectivity index (χ2n) is 3.40. The van der Waals surface area contributed by atoms with Gasteiger partial charge >= 0.3 is 6.18 Å². The van der Waals surface area contributed by atoms with Crippen molar-refractivity contribution in [3.63, 3.8) is 0 Å². The Labute approximate surface area is 96.6 Å². The Hall–Kier alpha value is -1.72. The van der Waals surface area contributed by atoms with Crippen LogP contribution in [0.1, 0.15) is 12.8 Å². The maximum Gasteiger partial charge on any atom is 0.389 e. The van der Waals surface area contributed by atoms with Gasteiger partial charge in [-0.25, -0.2) is 0 Å². The van der Waals surface area contributed by atoms with Crippen molar-refractivity contribution in [1.29, 1.82) is 0 Å². The number of ether oxygens (including phenoxy) is 1. The Morgan fingerprint density at radius 2 is 2.12 bits per heavy atom. The van der Waals surface area contributed by atoms with Crippen molar-refractivity contribution in [3.8, 4) is 5.75 Å². The van der Waals surface area contributed by atoms with E-state index >= 15 is 0 Å². The lowest BCUT2D eigenvalue weighted by Crippen LogP contribution is -2.16. The van der Waals surface area contributed by atoms with Crippen molar-refractivity contribution >= 4 is 11.6 Å². The largest absolute Gasteiger partial charge is 0.497 e. The van der Waals surface area contributed by atoms with Gasteiger partial charge in [-0.2, -0.15) is 13.2 Å². The SMILES string of the molecule is COc1cccc(NC(=O)CCC(F)(F)F)c1. The van der Waals surface area contributed by atoms with Gasteiger partial charge in [-0.1, -0.05) is 6.07 Å². The summed E-state index contributed by atoms with van der Waals surface area (Å²) < 4.78 is 40.5. The minimum Gasteiger partial charge on any atom is -0.497 e. The molecule has 0 bridgehead atoms. The normalized spacial score (nSPS) is 11.1. The molecular weight excluding hydrogens is 235 g/mol. The molecule has 0 aliphatic heterocycles. The van der Waals surface area contributed by atoms with Gasteiger partial charge in [0.2, 0.25) is 5.91 Å². The second-order valence-corrected chi connectivity index (χ2v) is 3.40. The lowest BCUT2D eigenvalue weighted by Gasteiger charge is -2.08. The van der Waals surface area contributed by atoms with E-state index < -0.39 is 24.9 Å². The molecule has 1 rings (SSSR count). The summed E-state index contributed by atoms with van der Waals surface area (Å²) >= 11 is 0. The highest BCUT2D eigenvalue weighted by Gasteiger charge is 2.27. The minimum atomic E-state index is -4.31. The molecule has 1 aromatic rings. The molecule has 1 amide bonds. The van der Waals surface area contributed by atoms with Crippen molar-refractivity contribution in [1.82, 2.24) is 0 Å². The molecule has 0 saturated carbocycles. The van der Waals surface area contributed by atoms with Gasteiger partial charge in [0.15, 0.2) is 0 Å². The topological polar surface area (TPSA) is 38.3 Å². The number of nitrogens with one attached hydrogen (secondary N) is 1. The molecule has 6 heteroatoms. The number of hydrogen-bond acceptors (Lipinski definition) is 2. The summed E-state index contributed by atoms with van der Waals surface area (Å²) in [5, 5.41) is 2.37. The van der Waals surface area contributed by atoms with Crippen LogP contribution in [0.4, 0.5) is 18.9 Å². The van der Waals surface area contributed by atoms with Crippen LogP contribution in [-0.4, -0.2) is 19.2 Å². The molecule has 0 spiro atoms. The van der Waals surface area contributed by atoms with Crippen molar-refractivity contribution in [2.24, 2.45) is 0 Å². The van der Waals surface area contributed by atoms with Crippen molar-refractivity contribution in [3.05, 3.63) is 24.3 Å². The molecule has 0 aliphatic rings. The molecule has 1 N–H and O–H groups in total. The number of amides is 1. The fourth-order valence-corrected chi connectivity index (χ4v) is 1.18. The van der Waals surface area contributed by atoms with Gasteiger partial charge in [-0.15, -0.1) is 0 Å². The smallest absolute Gasteiger partial charge is 0.389 e. The molecule has 0 unspecified atom stereocenters. The number of rotatable bonds is 4. The number of anilines is 1. The maximum absolute atomic E-state index is 11.9. The number of alkyl halides is 3. The summed E-state index contributed by atoms with van der Waals surface area (Å²) in [5.74, 6) is -0.144. The lowest BCUT2D eigenvalue weighted by molar-refractivity contribution is -0.142. The molecule has 17 heavy (non-hydrogen) atoms. The van der Waals surface area contributed by atoms with Gasteiger partial charge in [0, 0.05) is 18.2 Å². The van der Waals surface area contributed by atoms with Crippen LogP contribution in [0.3, 0.4) is 0 Å². The van der Waals surface area contributed by atoms with E-state index in [-0.39, 0.29) is 0 Å². The first kappa shape index (κ1) is 13.3. The monoisotopic (exact) mass is 247 g/mol. The fraction of sp³-hybridized carbons (Fsp3) is 0.364. The van der Waals surface area contributed by atoms with Gasteiger partial charge in [0.1, 0.15) is 5.75 Å². The quantitative estimate of drug-likeness (QED) is 0.888. The summed E-state index contributed by atoms with van der Waals surface area (Å²) in [5.41, 5.74) is 0.413. The molecule has 94 valence electrons. The summed E-state index contributed by atoms with van der Waals surface area (Å²) in [4.78, 5) is 11.2. The number of benzene rings is 1. The number of carbonyl (C=O) groups excluding carboxylic acids is 1. The van der Waals surface area contributed by atoms with Crippen LogP contribution in [0, 0.1) is 0 Å². The molecule has 0 aromatic heterocycles. The third-order valence-electron chi connectivity index (χ3n) is 1.99. The molecule has 0 fully saturated rings. The zero-order valence-electron chi connectivity index (χ0n) is 9.17. The highest BCUT2D eigenvalue weighted by Crippen LogP contribution is 2.22. The third-order valence-corrected chi connectivity index (χ3v) is 1.99. The van der Waals surface area contributed by atoms with Crippen molar-refractivity contribution < 1.29 is 22.7 Å². The minimum absolute atomic E-state index is 0.413. The molecule has 0 saturated heterocycles.